The Kier molecular flexibility index (Phi) is 2.61. The van der Waals surface area contributed by atoms with Crippen LogP contribution in [-0.2, 0) is 4.74 Å². The second kappa shape index (κ2) is 3.58. The zero-order valence-corrected chi connectivity index (χ0v) is 8.81. The zero-order chi connectivity index (χ0) is 9.31. The van der Waals surface area contributed by atoms with Crippen molar-refractivity contribution in [1.82, 2.24) is 5.32 Å². The first kappa shape index (κ1) is 9.47. The van der Waals surface area contributed by atoms with Crippen molar-refractivity contribution in [1.29, 1.82) is 0 Å². The lowest BCUT2D eigenvalue weighted by atomic mass is 9.78. The maximum Gasteiger partial charge on any atom is 0.0810 e. The normalized spacial score (nSPS) is 46.6. The molecule has 1 N–H and O–H groups in total. The van der Waals surface area contributed by atoms with E-state index in [-0.39, 0.29) is 5.60 Å². The quantitative estimate of drug-likeness (QED) is 0.619. The van der Waals surface area contributed by atoms with Gasteiger partial charge in [0.15, 0.2) is 0 Å². The minimum absolute atomic E-state index is 0.199. The SMILES string of the molecule is CC1CCC2(CC1)CNCC(C)O2. The van der Waals surface area contributed by atoms with Crippen molar-refractivity contribution >= 4 is 0 Å². The highest BCUT2D eigenvalue weighted by molar-refractivity contribution is 4.91. The number of rotatable bonds is 0. The molecule has 2 fully saturated rings. The van der Waals surface area contributed by atoms with E-state index in [2.05, 4.69) is 19.2 Å². The molecular formula is C11H21NO. The fraction of sp³-hybridized carbons (Fsp3) is 1.00. The third kappa shape index (κ3) is 2.05. The molecule has 0 aromatic rings. The Bertz CT molecular complexity index is 173. The zero-order valence-electron chi connectivity index (χ0n) is 8.81. The van der Waals surface area contributed by atoms with Crippen LogP contribution in [0.4, 0.5) is 0 Å². The van der Waals surface area contributed by atoms with Gasteiger partial charge in [-0.2, -0.15) is 0 Å². The molecule has 76 valence electrons. The van der Waals surface area contributed by atoms with Crippen LogP contribution < -0.4 is 5.32 Å². The van der Waals surface area contributed by atoms with E-state index < -0.39 is 0 Å². The van der Waals surface area contributed by atoms with E-state index in [1.807, 2.05) is 0 Å². The van der Waals surface area contributed by atoms with Crippen LogP contribution in [-0.4, -0.2) is 24.8 Å². The summed E-state index contributed by atoms with van der Waals surface area (Å²) in [6.07, 6.45) is 5.60. The molecule has 2 rings (SSSR count). The maximum atomic E-state index is 6.10. The number of nitrogens with one attached hydrogen (secondary N) is 1. The third-order valence-corrected chi connectivity index (χ3v) is 3.52. The van der Waals surface area contributed by atoms with Crippen molar-refractivity contribution in [3.8, 4) is 0 Å². The Morgan fingerprint density at radius 2 is 1.92 bits per heavy atom. The van der Waals surface area contributed by atoms with Crippen molar-refractivity contribution < 1.29 is 4.74 Å². The van der Waals surface area contributed by atoms with E-state index >= 15 is 0 Å². The average Bonchev–Trinajstić information content (AvgIpc) is 2.11. The Morgan fingerprint density at radius 3 is 2.54 bits per heavy atom. The van der Waals surface area contributed by atoms with Crippen LogP contribution in [0.2, 0.25) is 0 Å². The van der Waals surface area contributed by atoms with Crippen molar-refractivity contribution in [3.05, 3.63) is 0 Å². The lowest BCUT2D eigenvalue weighted by Gasteiger charge is -2.44. The molecule has 2 nitrogen and oxygen atoms in total. The Hall–Kier alpha value is -0.0800. The highest BCUT2D eigenvalue weighted by Gasteiger charge is 2.38. The molecule has 1 unspecified atom stereocenters. The molecule has 1 aliphatic carbocycles. The number of hydrogen-bond acceptors (Lipinski definition) is 2. The van der Waals surface area contributed by atoms with Gasteiger partial charge in [0.05, 0.1) is 11.7 Å². The van der Waals surface area contributed by atoms with Crippen molar-refractivity contribution in [2.75, 3.05) is 13.1 Å². The van der Waals surface area contributed by atoms with Gasteiger partial charge in [-0.1, -0.05) is 6.92 Å². The standard InChI is InChI=1S/C11H21NO/c1-9-3-5-11(6-4-9)8-12-7-10(2)13-11/h9-10,12H,3-8H2,1-2H3. The summed E-state index contributed by atoms with van der Waals surface area (Å²) in [5, 5.41) is 3.48. The van der Waals surface area contributed by atoms with E-state index in [1.165, 1.54) is 25.7 Å². The Balaban J connectivity index is 1.95. The van der Waals surface area contributed by atoms with Gasteiger partial charge in [-0.25, -0.2) is 0 Å². The van der Waals surface area contributed by atoms with Gasteiger partial charge < -0.3 is 10.1 Å². The summed E-state index contributed by atoms with van der Waals surface area (Å²) >= 11 is 0. The fourth-order valence-electron chi connectivity index (χ4n) is 2.60. The van der Waals surface area contributed by atoms with Gasteiger partial charge in [0.25, 0.3) is 0 Å². The van der Waals surface area contributed by atoms with Crippen molar-refractivity contribution in [2.24, 2.45) is 5.92 Å². The topological polar surface area (TPSA) is 21.3 Å². The molecule has 1 saturated heterocycles. The van der Waals surface area contributed by atoms with E-state index in [0.29, 0.717) is 6.10 Å². The monoisotopic (exact) mass is 183 g/mol. The first-order chi connectivity index (χ1) is 6.20. The van der Waals surface area contributed by atoms with Crippen molar-refractivity contribution in [2.45, 2.75) is 51.2 Å². The molecule has 0 aromatic carbocycles. The van der Waals surface area contributed by atoms with Crippen LogP contribution in [0.1, 0.15) is 39.5 Å². The van der Waals surface area contributed by atoms with E-state index in [9.17, 15) is 0 Å². The molecule has 0 aromatic heterocycles. The second-order valence-electron chi connectivity index (χ2n) is 4.92. The molecule has 0 amide bonds. The summed E-state index contributed by atoms with van der Waals surface area (Å²) in [4.78, 5) is 0. The molecule has 0 radical (unpaired) electrons. The third-order valence-electron chi connectivity index (χ3n) is 3.52. The molecular weight excluding hydrogens is 162 g/mol. The average molecular weight is 183 g/mol. The molecule has 2 aliphatic rings. The lowest BCUT2D eigenvalue weighted by molar-refractivity contribution is -0.131. The molecule has 1 heterocycles. The second-order valence-corrected chi connectivity index (χ2v) is 4.92. The molecule has 1 spiro atoms. The van der Waals surface area contributed by atoms with E-state index in [1.54, 1.807) is 0 Å². The predicted molar refractivity (Wildman–Crippen MR) is 53.8 cm³/mol. The number of ether oxygens (including phenoxy) is 1. The van der Waals surface area contributed by atoms with Gasteiger partial charge in [0, 0.05) is 13.1 Å². The van der Waals surface area contributed by atoms with Gasteiger partial charge in [-0.3, -0.25) is 0 Å². The molecule has 1 atom stereocenters. The van der Waals surface area contributed by atoms with Crippen LogP contribution in [0.3, 0.4) is 0 Å². The lowest BCUT2D eigenvalue weighted by Crippen LogP contribution is -2.54. The predicted octanol–water partition coefficient (Wildman–Crippen LogP) is 1.94. The fourth-order valence-corrected chi connectivity index (χ4v) is 2.60. The minimum Gasteiger partial charge on any atom is -0.369 e. The molecule has 2 heteroatoms. The molecule has 1 aliphatic heterocycles. The molecule has 1 saturated carbocycles. The summed E-state index contributed by atoms with van der Waals surface area (Å²) in [6.45, 7) is 6.62. The first-order valence-corrected chi connectivity index (χ1v) is 5.59. The van der Waals surface area contributed by atoms with Gasteiger partial charge in [0.1, 0.15) is 0 Å². The summed E-state index contributed by atoms with van der Waals surface area (Å²) < 4.78 is 6.10. The summed E-state index contributed by atoms with van der Waals surface area (Å²) in [6, 6.07) is 0. The smallest absolute Gasteiger partial charge is 0.0810 e. The first-order valence-electron chi connectivity index (χ1n) is 5.59. The number of morpholine rings is 1. The van der Waals surface area contributed by atoms with Gasteiger partial charge in [-0.15, -0.1) is 0 Å². The highest BCUT2D eigenvalue weighted by atomic mass is 16.5. The number of hydrogen-bond donors (Lipinski definition) is 1. The van der Waals surface area contributed by atoms with Crippen LogP contribution >= 0.6 is 0 Å². The van der Waals surface area contributed by atoms with Crippen LogP contribution in [0, 0.1) is 5.92 Å². The maximum absolute atomic E-state index is 6.10. The van der Waals surface area contributed by atoms with Gasteiger partial charge in [-0.05, 0) is 38.5 Å². The summed E-state index contributed by atoms with van der Waals surface area (Å²) in [7, 11) is 0. The Labute approximate surface area is 81.0 Å². The minimum atomic E-state index is 0.199. The summed E-state index contributed by atoms with van der Waals surface area (Å²) in [5.41, 5.74) is 0.199. The van der Waals surface area contributed by atoms with E-state index in [4.69, 9.17) is 4.74 Å². The van der Waals surface area contributed by atoms with Crippen LogP contribution in [0.25, 0.3) is 0 Å². The highest BCUT2D eigenvalue weighted by Crippen LogP contribution is 2.36. The summed E-state index contributed by atoms with van der Waals surface area (Å²) in [5.74, 6) is 0.909. The molecule has 13 heavy (non-hydrogen) atoms. The van der Waals surface area contributed by atoms with Gasteiger partial charge >= 0.3 is 0 Å². The Morgan fingerprint density at radius 1 is 1.23 bits per heavy atom. The largest absolute Gasteiger partial charge is 0.369 e. The molecule has 0 bridgehead atoms. The van der Waals surface area contributed by atoms with Gasteiger partial charge in [0.2, 0.25) is 0 Å². The van der Waals surface area contributed by atoms with E-state index in [0.717, 1.165) is 19.0 Å². The van der Waals surface area contributed by atoms with Crippen LogP contribution in [0.5, 0.6) is 0 Å². The van der Waals surface area contributed by atoms with Crippen molar-refractivity contribution in [3.63, 3.8) is 0 Å². The van der Waals surface area contributed by atoms with Crippen LogP contribution in [0.15, 0.2) is 0 Å².